The fourth-order valence-electron chi connectivity index (χ4n) is 4.50. The Bertz CT molecular complexity index is 1230. The van der Waals surface area contributed by atoms with Crippen LogP contribution in [0.25, 0.3) is 22.2 Å². The fourth-order valence-corrected chi connectivity index (χ4v) is 5.01. The van der Waals surface area contributed by atoms with Gasteiger partial charge in [-0.05, 0) is 66.9 Å². The lowest BCUT2D eigenvalue weighted by atomic mass is 10.0. The Balaban J connectivity index is 1.52. The zero-order valence-corrected chi connectivity index (χ0v) is 20.2. The molecule has 0 unspecified atom stereocenters. The van der Waals surface area contributed by atoms with Gasteiger partial charge in [0.2, 0.25) is 0 Å². The summed E-state index contributed by atoms with van der Waals surface area (Å²) in [5, 5.41) is 0.878. The van der Waals surface area contributed by atoms with E-state index < -0.39 is 5.60 Å². The predicted molar refractivity (Wildman–Crippen MR) is 127 cm³/mol. The van der Waals surface area contributed by atoms with Crippen molar-refractivity contribution >= 4 is 38.7 Å². The number of pyridine rings is 1. The molecule has 3 aromatic rings. The molecule has 0 bridgehead atoms. The first-order chi connectivity index (χ1) is 15.1. The molecule has 0 radical (unpaired) electrons. The molecule has 5 rings (SSSR count). The van der Waals surface area contributed by atoms with Crippen molar-refractivity contribution < 1.29 is 13.9 Å². The monoisotopic (exact) mass is 500 g/mol. The summed E-state index contributed by atoms with van der Waals surface area (Å²) >= 11 is 3.64. The molecule has 2 aliphatic rings. The van der Waals surface area contributed by atoms with Crippen molar-refractivity contribution in [2.75, 3.05) is 31.6 Å². The number of hydrogen-bond acceptors (Lipinski definition) is 4. The van der Waals surface area contributed by atoms with E-state index in [0.29, 0.717) is 18.7 Å². The number of aromatic nitrogens is 2. The Morgan fingerprint density at radius 2 is 2.00 bits per heavy atom. The van der Waals surface area contributed by atoms with Crippen molar-refractivity contribution in [1.29, 1.82) is 0 Å². The fraction of sp³-hybridized carbons (Fsp3) is 0.417. The predicted octanol–water partition coefficient (Wildman–Crippen LogP) is 5.39. The van der Waals surface area contributed by atoms with Gasteiger partial charge in [0.25, 0.3) is 0 Å². The highest BCUT2D eigenvalue weighted by molar-refractivity contribution is 9.10. The molecule has 8 heteroatoms. The van der Waals surface area contributed by atoms with Crippen LogP contribution in [-0.4, -0.2) is 52.8 Å². The van der Waals surface area contributed by atoms with Crippen LogP contribution in [0, 0.1) is 5.82 Å². The zero-order valence-electron chi connectivity index (χ0n) is 18.7. The minimum Gasteiger partial charge on any atom is -0.444 e. The first-order valence-corrected chi connectivity index (χ1v) is 11.6. The molecule has 0 aliphatic carbocycles. The highest BCUT2D eigenvalue weighted by Gasteiger charge is 2.36. The Labute approximate surface area is 195 Å². The second kappa shape index (κ2) is 7.47. The van der Waals surface area contributed by atoms with Crippen LogP contribution in [0.15, 0.2) is 35.1 Å². The highest BCUT2D eigenvalue weighted by Crippen LogP contribution is 2.41. The van der Waals surface area contributed by atoms with Crippen LogP contribution >= 0.6 is 15.9 Å². The van der Waals surface area contributed by atoms with Crippen molar-refractivity contribution in [3.05, 3.63) is 46.4 Å². The van der Waals surface area contributed by atoms with E-state index in [2.05, 4.69) is 30.4 Å². The smallest absolute Gasteiger partial charge is 0.410 e. The lowest BCUT2D eigenvalue weighted by Gasteiger charge is -2.40. The van der Waals surface area contributed by atoms with E-state index in [1.54, 1.807) is 17.2 Å². The number of benzene rings is 1. The quantitative estimate of drug-likeness (QED) is 0.473. The standard InChI is InChI=1S/C24H26BrFN4O2/c1-24(2,3)32-23(31)29-11-15(12-29)30-13-17(21-18(25)5-7-27-22(21)30)16-10-20-14(9-19(16)26)6-8-28(20)4/h5,7,9-10,13,15H,6,8,11-12H2,1-4H3. The molecule has 32 heavy (non-hydrogen) atoms. The van der Waals surface area contributed by atoms with Crippen molar-refractivity contribution in [2.24, 2.45) is 0 Å². The van der Waals surface area contributed by atoms with Crippen molar-refractivity contribution in [3.63, 3.8) is 0 Å². The van der Waals surface area contributed by atoms with Gasteiger partial charge in [-0.1, -0.05) is 0 Å². The van der Waals surface area contributed by atoms with Crippen LogP contribution in [0.5, 0.6) is 0 Å². The van der Waals surface area contributed by atoms with Crippen molar-refractivity contribution in [3.8, 4) is 11.1 Å². The van der Waals surface area contributed by atoms with Gasteiger partial charge in [-0.25, -0.2) is 14.2 Å². The topological polar surface area (TPSA) is 50.6 Å². The first-order valence-electron chi connectivity index (χ1n) is 10.8. The molecule has 1 aromatic carbocycles. The van der Waals surface area contributed by atoms with Crippen LogP contribution < -0.4 is 4.90 Å². The molecule has 0 spiro atoms. The minimum atomic E-state index is -0.528. The van der Waals surface area contributed by atoms with Gasteiger partial charge in [0.05, 0.1) is 6.04 Å². The number of likely N-dealkylation sites (tertiary alicyclic amines) is 1. The van der Waals surface area contributed by atoms with Gasteiger partial charge in [-0.15, -0.1) is 0 Å². The van der Waals surface area contributed by atoms with Gasteiger partial charge in [0, 0.05) is 65.7 Å². The molecule has 1 saturated heterocycles. The van der Waals surface area contributed by atoms with Gasteiger partial charge in [-0.3, -0.25) is 0 Å². The molecule has 2 aliphatic heterocycles. The summed E-state index contributed by atoms with van der Waals surface area (Å²) in [6.45, 7) is 7.53. The van der Waals surface area contributed by atoms with Crippen LogP contribution in [0.1, 0.15) is 32.4 Å². The van der Waals surface area contributed by atoms with Gasteiger partial charge in [-0.2, -0.15) is 0 Å². The normalized spacial score (nSPS) is 16.4. The largest absolute Gasteiger partial charge is 0.444 e. The zero-order chi connectivity index (χ0) is 22.8. The molecular weight excluding hydrogens is 475 g/mol. The van der Waals surface area contributed by atoms with E-state index in [0.717, 1.165) is 45.3 Å². The average Bonchev–Trinajstić information content (AvgIpc) is 3.20. The Morgan fingerprint density at radius 3 is 2.72 bits per heavy atom. The van der Waals surface area contributed by atoms with E-state index in [1.807, 2.05) is 46.1 Å². The van der Waals surface area contributed by atoms with E-state index >= 15 is 4.39 Å². The van der Waals surface area contributed by atoms with E-state index in [1.165, 1.54) is 0 Å². The summed E-state index contributed by atoms with van der Waals surface area (Å²) in [5.74, 6) is -0.224. The van der Waals surface area contributed by atoms with Crippen LogP contribution in [0.3, 0.4) is 0 Å². The van der Waals surface area contributed by atoms with Crippen LogP contribution in [0.2, 0.25) is 0 Å². The maximum atomic E-state index is 15.2. The maximum Gasteiger partial charge on any atom is 0.410 e. The maximum absolute atomic E-state index is 15.2. The number of anilines is 1. The molecule has 2 aromatic heterocycles. The van der Waals surface area contributed by atoms with Gasteiger partial charge in [0.15, 0.2) is 0 Å². The lowest BCUT2D eigenvalue weighted by Crippen LogP contribution is -2.52. The number of carbonyl (C=O) groups is 1. The van der Waals surface area contributed by atoms with Gasteiger partial charge < -0.3 is 19.1 Å². The number of ether oxygens (including phenoxy) is 1. The first kappa shape index (κ1) is 21.2. The SMILES string of the molecule is CN1CCc2cc(F)c(-c3cn(C4CN(C(=O)OC(C)(C)C)C4)c4nccc(Br)c34)cc21. The number of rotatable bonds is 2. The Hall–Kier alpha value is -2.61. The summed E-state index contributed by atoms with van der Waals surface area (Å²) in [4.78, 5) is 20.8. The van der Waals surface area contributed by atoms with Crippen molar-refractivity contribution in [2.45, 2.75) is 38.8 Å². The molecule has 168 valence electrons. The number of halogens is 2. The molecule has 0 atom stereocenters. The van der Waals surface area contributed by atoms with E-state index in [-0.39, 0.29) is 18.0 Å². The third kappa shape index (κ3) is 3.54. The highest BCUT2D eigenvalue weighted by atomic mass is 79.9. The second-order valence-electron chi connectivity index (χ2n) is 9.61. The third-order valence-corrected chi connectivity index (χ3v) is 6.82. The number of carbonyl (C=O) groups excluding carboxylic acids is 1. The third-order valence-electron chi connectivity index (χ3n) is 6.16. The molecule has 4 heterocycles. The number of nitrogens with zero attached hydrogens (tertiary/aromatic N) is 4. The number of likely N-dealkylation sites (N-methyl/N-ethyl adjacent to an activating group) is 1. The molecule has 0 saturated carbocycles. The van der Waals surface area contributed by atoms with Crippen LogP contribution in [0.4, 0.5) is 14.9 Å². The summed E-state index contributed by atoms with van der Waals surface area (Å²) in [5.41, 5.74) is 3.73. The number of amides is 1. The van der Waals surface area contributed by atoms with Crippen LogP contribution in [-0.2, 0) is 11.2 Å². The summed E-state index contributed by atoms with van der Waals surface area (Å²) in [7, 11) is 2.04. The summed E-state index contributed by atoms with van der Waals surface area (Å²) in [6.07, 6.45) is 4.26. The molecule has 1 amide bonds. The molecule has 0 N–H and O–H groups in total. The average molecular weight is 501 g/mol. The van der Waals surface area contributed by atoms with Gasteiger partial charge >= 0.3 is 6.09 Å². The summed E-state index contributed by atoms with van der Waals surface area (Å²) < 4.78 is 23.6. The molecule has 1 fully saturated rings. The Kier molecular flexibility index (Phi) is 4.96. The second-order valence-corrected chi connectivity index (χ2v) is 10.5. The Morgan fingerprint density at radius 1 is 1.25 bits per heavy atom. The minimum absolute atomic E-state index is 0.0562. The number of hydrogen-bond donors (Lipinski definition) is 0. The molecule has 6 nitrogen and oxygen atoms in total. The number of fused-ring (bicyclic) bond motifs is 2. The summed E-state index contributed by atoms with van der Waals surface area (Å²) in [6, 6.07) is 5.54. The molecular formula is C24H26BrFN4O2. The van der Waals surface area contributed by atoms with E-state index in [4.69, 9.17) is 4.74 Å². The van der Waals surface area contributed by atoms with Gasteiger partial charge in [0.1, 0.15) is 17.1 Å². The van der Waals surface area contributed by atoms with E-state index in [9.17, 15) is 4.79 Å². The van der Waals surface area contributed by atoms with Crippen molar-refractivity contribution in [1.82, 2.24) is 14.5 Å². The lowest BCUT2D eigenvalue weighted by molar-refractivity contribution is 0.00153.